The van der Waals surface area contributed by atoms with Gasteiger partial charge in [-0.2, -0.15) is 0 Å². The van der Waals surface area contributed by atoms with Crippen LogP contribution in [0.25, 0.3) is 0 Å². The number of Topliss-reactive ketones (excluding diaryl/α,β-unsaturated/α-hetero) is 1. The third-order valence-electron chi connectivity index (χ3n) is 6.93. The number of hydrogen-bond acceptors (Lipinski definition) is 8. The second-order valence-electron chi connectivity index (χ2n) is 10.8. The van der Waals surface area contributed by atoms with Crippen molar-refractivity contribution in [3.8, 4) is 11.5 Å². The lowest BCUT2D eigenvalue weighted by molar-refractivity contribution is -0.139. The molecule has 0 spiro atoms. The number of carbonyl (C=O) groups excluding carboxylic acids is 2. The van der Waals surface area contributed by atoms with Gasteiger partial charge in [0.2, 0.25) is 0 Å². The molecule has 41 heavy (non-hydrogen) atoms. The zero-order chi connectivity index (χ0) is 29.2. The topological polar surface area (TPSA) is 155 Å². The molecule has 0 bridgehead atoms. The van der Waals surface area contributed by atoms with Crippen molar-refractivity contribution in [3.05, 3.63) is 52.1 Å². The SMILES string of the molecule is Br.CCOc1cc2c(cc1C(N)=O)C(=N)N(CC(=O)c1cc(N3CCOCC3)c(OCC(=O)O)c(C(C)(C)C)c1)C2. The molecular formula is C29H37BrN4O7. The summed E-state index contributed by atoms with van der Waals surface area (Å²) in [6.45, 7) is 9.98. The average Bonchev–Trinajstić information content (AvgIpc) is 3.20. The van der Waals surface area contributed by atoms with Gasteiger partial charge >= 0.3 is 5.97 Å². The Morgan fingerprint density at radius 1 is 1.10 bits per heavy atom. The summed E-state index contributed by atoms with van der Waals surface area (Å²) in [4.78, 5) is 40.7. The number of rotatable bonds is 10. The molecule has 1 amide bonds. The molecule has 0 unspecified atom stereocenters. The highest BCUT2D eigenvalue weighted by molar-refractivity contribution is 8.93. The highest BCUT2D eigenvalue weighted by Gasteiger charge is 2.31. The fourth-order valence-electron chi connectivity index (χ4n) is 4.95. The molecule has 0 saturated carbocycles. The summed E-state index contributed by atoms with van der Waals surface area (Å²) in [5, 5.41) is 18.0. The van der Waals surface area contributed by atoms with Crippen molar-refractivity contribution in [2.24, 2.45) is 5.73 Å². The number of carboxylic acid groups (broad SMARTS) is 1. The molecular weight excluding hydrogens is 596 g/mol. The van der Waals surface area contributed by atoms with Crippen molar-refractivity contribution < 1.29 is 33.7 Å². The first-order valence-corrected chi connectivity index (χ1v) is 13.2. The molecule has 1 saturated heterocycles. The highest BCUT2D eigenvalue weighted by atomic mass is 79.9. The first-order chi connectivity index (χ1) is 18.9. The van der Waals surface area contributed by atoms with Gasteiger partial charge in [-0.1, -0.05) is 20.8 Å². The Hall–Kier alpha value is -3.64. The summed E-state index contributed by atoms with van der Waals surface area (Å²) in [5.74, 6) is -1.02. The van der Waals surface area contributed by atoms with Gasteiger partial charge in [0.1, 0.15) is 17.3 Å². The van der Waals surface area contributed by atoms with Gasteiger partial charge in [-0.15, -0.1) is 17.0 Å². The number of halogens is 1. The number of morpholine rings is 1. The molecule has 2 aromatic carbocycles. The van der Waals surface area contributed by atoms with E-state index < -0.39 is 23.9 Å². The number of anilines is 1. The van der Waals surface area contributed by atoms with Crippen LogP contribution in [0.4, 0.5) is 5.69 Å². The summed E-state index contributed by atoms with van der Waals surface area (Å²) >= 11 is 0. The maximum absolute atomic E-state index is 13.7. The summed E-state index contributed by atoms with van der Waals surface area (Å²) < 4.78 is 16.9. The van der Waals surface area contributed by atoms with Crippen LogP contribution in [0, 0.1) is 5.41 Å². The van der Waals surface area contributed by atoms with E-state index in [0.29, 0.717) is 73.3 Å². The molecule has 2 aliphatic rings. The molecule has 0 atom stereocenters. The number of carbonyl (C=O) groups is 3. The quantitative estimate of drug-likeness (QED) is 0.334. The Balaban J connectivity index is 0.00000462. The number of ether oxygens (including phenoxy) is 3. The molecule has 0 radical (unpaired) electrons. The van der Waals surface area contributed by atoms with Crippen LogP contribution >= 0.6 is 17.0 Å². The molecule has 12 heteroatoms. The molecule has 2 heterocycles. The van der Waals surface area contributed by atoms with Gasteiger partial charge in [-0.05, 0) is 42.2 Å². The zero-order valence-electron chi connectivity index (χ0n) is 23.7. The van der Waals surface area contributed by atoms with E-state index >= 15 is 0 Å². The lowest BCUT2D eigenvalue weighted by Gasteiger charge is -2.33. The van der Waals surface area contributed by atoms with Crippen LogP contribution in [0.1, 0.15) is 65.1 Å². The van der Waals surface area contributed by atoms with Gasteiger partial charge in [0.25, 0.3) is 5.91 Å². The summed E-state index contributed by atoms with van der Waals surface area (Å²) in [7, 11) is 0. The summed E-state index contributed by atoms with van der Waals surface area (Å²) in [6, 6.07) is 6.76. The summed E-state index contributed by atoms with van der Waals surface area (Å²) in [5.41, 5.74) is 8.38. The minimum atomic E-state index is -1.09. The number of carboxylic acids is 1. The van der Waals surface area contributed by atoms with Crippen LogP contribution in [-0.2, 0) is 21.5 Å². The lowest BCUT2D eigenvalue weighted by atomic mass is 9.84. The van der Waals surface area contributed by atoms with E-state index in [1.165, 1.54) is 0 Å². The first-order valence-electron chi connectivity index (χ1n) is 13.2. The predicted octanol–water partition coefficient (Wildman–Crippen LogP) is 3.38. The largest absolute Gasteiger partial charge is 0.493 e. The number of nitrogens with one attached hydrogen (secondary N) is 1. The van der Waals surface area contributed by atoms with Crippen molar-refractivity contribution in [1.29, 1.82) is 5.41 Å². The van der Waals surface area contributed by atoms with Gasteiger partial charge in [0.05, 0.1) is 37.6 Å². The first kappa shape index (κ1) is 31.9. The van der Waals surface area contributed by atoms with E-state index in [-0.39, 0.29) is 40.7 Å². The maximum Gasteiger partial charge on any atom is 0.341 e. The van der Waals surface area contributed by atoms with Crippen LogP contribution in [0.3, 0.4) is 0 Å². The monoisotopic (exact) mass is 632 g/mol. The van der Waals surface area contributed by atoms with Gasteiger partial charge < -0.3 is 34.9 Å². The van der Waals surface area contributed by atoms with Crippen LogP contribution in [0.15, 0.2) is 24.3 Å². The van der Waals surface area contributed by atoms with Crippen molar-refractivity contribution in [2.45, 2.75) is 39.7 Å². The minimum Gasteiger partial charge on any atom is -0.493 e. The molecule has 2 aliphatic heterocycles. The third-order valence-corrected chi connectivity index (χ3v) is 6.93. The number of ketones is 1. The molecule has 0 aliphatic carbocycles. The molecule has 2 aromatic rings. The van der Waals surface area contributed by atoms with Crippen LogP contribution in [-0.4, -0.2) is 79.6 Å². The smallest absolute Gasteiger partial charge is 0.341 e. The predicted molar refractivity (Wildman–Crippen MR) is 159 cm³/mol. The van der Waals surface area contributed by atoms with Crippen molar-refractivity contribution >= 4 is 46.2 Å². The normalized spacial score (nSPS) is 14.8. The van der Waals surface area contributed by atoms with Gasteiger partial charge in [-0.25, -0.2) is 4.79 Å². The number of primary amides is 1. The maximum atomic E-state index is 13.7. The number of benzene rings is 2. The van der Waals surface area contributed by atoms with E-state index in [4.69, 9.17) is 25.4 Å². The van der Waals surface area contributed by atoms with Gasteiger partial charge in [0.15, 0.2) is 12.4 Å². The van der Waals surface area contributed by atoms with Crippen molar-refractivity contribution in [2.75, 3.05) is 51.0 Å². The molecule has 222 valence electrons. The van der Waals surface area contributed by atoms with E-state index in [0.717, 1.165) is 5.56 Å². The second kappa shape index (κ2) is 12.9. The number of amidine groups is 1. The van der Waals surface area contributed by atoms with Crippen LogP contribution in [0.2, 0.25) is 0 Å². The van der Waals surface area contributed by atoms with Crippen LogP contribution < -0.4 is 20.1 Å². The van der Waals surface area contributed by atoms with Crippen molar-refractivity contribution in [3.63, 3.8) is 0 Å². The Morgan fingerprint density at radius 2 is 1.78 bits per heavy atom. The molecule has 11 nitrogen and oxygen atoms in total. The van der Waals surface area contributed by atoms with E-state index in [1.54, 1.807) is 36.1 Å². The fourth-order valence-corrected chi connectivity index (χ4v) is 4.95. The zero-order valence-corrected chi connectivity index (χ0v) is 25.5. The lowest BCUT2D eigenvalue weighted by Crippen LogP contribution is -2.37. The Bertz CT molecular complexity index is 1350. The number of amides is 1. The molecule has 0 aromatic heterocycles. The van der Waals surface area contributed by atoms with Crippen LogP contribution in [0.5, 0.6) is 11.5 Å². The molecule has 4 rings (SSSR count). The number of nitrogens with two attached hydrogens (primary N) is 1. The molecule has 1 fully saturated rings. The fraction of sp³-hybridized carbons (Fsp3) is 0.448. The Morgan fingerprint density at radius 3 is 2.37 bits per heavy atom. The van der Waals surface area contributed by atoms with E-state index in [2.05, 4.69) is 0 Å². The van der Waals surface area contributed by atoms with Gasteiger partial charge in [-0.3, -0.25) is 15.0 Å². The number of nitrogens with zero attached hydrogens (tertiary/aromatic N) is 2. The minimum absolute atomic E-state index is 0. The summed E-state index contributed by atoms with van der Waals surface area (Å²) in [6.07, 6.45) is 0. The number of aliphatic carboxylic acids is 1. The second-order valence-corrected chi connectivity index (χ2v) is 10.8. The van der Waals surface area contributed by atoms with E-state index in [1.807, 2.05) is 25.7 Å². The van der Waals surface area contributed by atoms with E-state index in [9.17, 15) is 19.5 Å². The number of hydrogen-bond donors (Lipinski definition) is 3. The molecule has 4 N–H and O–H groups in total. The third kappa shape index (κ3) is 6.99. The highest BCUT2D eigenvalue weighted by Crippen LogP contribution is 2.41. The average molecular weight is 634 g/mol. The Kier molecular flexibility index (Phi) is 10.0. The Labute approximate surface area is 249 Å². The standard InChI is InChI=1S/C29H36N4O7.BrH/c1-5-39-24-12-18-14-33(27(30)19(18)13-20(24)28(31)37)15-23(34)17-10-21(29(2,3)4)26(40-16-25(35)36)22(11-17)32-6-8-38-9-7-32;/h10-13,30H,5-9,14-16H2,1-4H3,(H2,31,37)(H,35,36);1H. The van der Waals surface area contributed by atoms with Crippen molar-refractivity contribution in [1.82, 2.24) is 4.90 Å². The number of fused-ring (bicyclic) bond motifs is 1. The van der Waals surface area contributed by atoms with Gasteiger partial charge in [0, 0.05) is 36.3 Å².